The van der Waals surface area contributed by atoms with Crippen molar-refractivity contribution in [1.29, 1.82) is 5.26 Å². The van der Waals surface area contributed by atoms with Crippen LogP contribution >= 0.6 is 0 Å². The number of benzene rings is 2. The molecule has 0 bridgehead atoms. The van der Waals surface area contributed by atoms with E-state index in [4.69, 9.17) is 4.74 Å². The average Bonchev–Trinajstić information content (AvgIpc) is 2.49. The van der Waals surface area contributed by atoms with Gasteiger partial charge >= 0.3 is 0 Å². The molecule has 2 rings (SSSR count). The van der Waals surface area contributed by atoms with Gasteiger partial charge in [0.05, 0.1) is 18.1 Å². The van der Waals surface area contributed by atoms with Crippen LogP contribution in [0.3, 0.4) is 0 Å². The van der Waals surface area contributed by atoms with E-state index in [-0.39, 0.29) is 4.90 Å². The number of nitrogens with zero attached hydrogens (tertiary/aromatic N) is 1. The van der Waals surface area contributed by atoms with Crippen molar-refractivity contribution >= 4 is 9.84 Å². The first-order chi connectivity index (χ1) is 9.59. The fourth-order valence-electron chi connectivity index (χ4n) is 1.85. The van der Waals surface area contributed by atoms with Gasteiger partial charge in [-0.1, -0.05) is 30.3 Å². The number of sulfone groups is 1. The van der Waals surface area contributed by atoms with Gasteiger partial charge in [0.15, 0.2) is 15.1 Å². The summed E-state index contributed by atoms with van der Waals surface area (Å²) in [5.74, 6) is 0.567. The van der Waals surface area contributed by atoms with Crippen molar-refractivity contribution in [2.24, 2.45) is 0 Å². The van der Waals surface area contributed by atoms with Gasteiger partial charge in [0.2, 0.25) is 0 Å². The molecule has 0 amide bonds. The highest BCUT2D eigenvalue weighted by Crippen LogP contribution is 2.29. The second-order valence-electron chi connectivity index (χ2n) is 4.14. The molecular weight excluding hydrogens is 274 g/mol. The fourth-order valence-corrected chi connectivity index (χ4v) is 3.29. The Bertz CT molecular complexity index is 716. The Hall–Kier alpha value is -2.32. The highest BCUT2D eigenvalue weighted by Gasteiger charge is 2.28. The highest BCUT2D eigenvalue weighted by molar-refractivity contribution is 7.92. The second kappa shape index (κ2) is 5.76. The Morgan fingerprint density at radius 2 is 1.65 bits per heavy atom. The molecule has 4 nitrogen and oxygen atoms in total. The van der Waals surface area contributed by atoms with E-state index in [1.807, 2.05) is 6.07 Å². The van der Waals surface area contributed by atoms with Crippen molar-refractivity contribution in [2.75, 3.05) is 7.11 Å². The van der Waals surface area contributed by atoms with E-state index in [2.05, 4.69) is 0 Å². The molecule has 0 heterocycles. The fraction of sp³-hybridized carbons (Fsp3) is 0.133. The summed E-state index contributed by atoms with van der Waals surface area (Å²) in [6, 6.07) is 16.3. The molecular formula is C15H13NO3S. The Labute approximate surface area is 118 Å². The van der Waals surface area contributed by atoms with E-state index in [1.54, 1.807) is 42.5 Å². The normalized spacial score (nSPS) is 12.4. The molecule has 1 unspecified atom stereocenters. The molecule has 20 heavy (non-hydrogen) atoms. The molecule has 0 aromatic heterocycles. The largest absolute Gasteiger partial charge is 0.497 e. The first-order valence-corrected chi connectivity index (χ1v) is 7.46. The predicted molar refractivity (Wildman–Crippen MR) is 75.0 cm³/mol. The van der Waals surface area contributed by atoms with Gasteiger partial charge < -0.3 is 4.74 Å². The molecule has 0 aliphatic carbocycles. The molecule has 5 heteroatoms. The van der Waals surface area contributed by atoms with Gasteiger partial charge in [-0.25, -0.2) is 8.42 Å². The topological polar surface area (TPSA) is 67.2 Å². The second-order valence-corrected chi connectivity index (χ2v) is 6.17. The summed E-state index contributed by atoms with van der Waals surface area (Å²) in [7, 11) is -2.24. The molecule has 0 saturated carbocycles. The van der Waals surface area contributed by atoms with Crippen LogP contribution in [-0.2, 0) is 9.84 Å². The van der Waals surface area contributed by atoms with Crippen LogP contribution in [0, 0.1) is 11.3 Å². The minimum absolute atomic E-state index is 0.105. The third-order valence-electron chi connectivity index (χ3n) is 2.92. The van der Waals surface area contributed by atoms with Crippen LogP contribution in [0.1, 0.15) is 10.8 Å². The van der Waals surface area contributed by atoms with Crippen molar-refractivity contribution < 1.29 is 13.2 Å². The van der Waals surface area contributed by atoms with Gasteiger partial charge in [-0.3, -0.25) is 0 Å². The number of hydrogen-bond acceptors (Lipinski definition) is 4. The molecule has 1 atom stereocenters. The Morgan fingerprint density at radius 1 is 1.05 bits per heavy atom. The number of ether oxygens (including phenoxy) is 1. The lowest BCUT2D eigenvalue weighted by Crippen LogP contribution is -2.12. The lowest BCUT2D eigenvalue weighted by molar-refractivity contribution is 0.414. The highest BCUT2D eigenvalue weighted by atomic mass is 32.2. The average molecular weight is 287 g/mol. The van der Waals surface area contributed by atoms with Crippen LogP contribution in [0.25, 0.3) is 0 Å². The Kier molecular flexibility index (Phi) is 4.06. The Morgan fingerprint density at radius 3 is 2.15 bits per heavy atom. The van der Waals surface area contributed by atoms with Crippen LogP contribution in [-0.4, -0.2) is 15.5 Å². The summed E-state index contributed by atoms with van der Waals surface area (Å²) >= 11 is 0. The number of rotatable bonds is 4. The lowest BCUT2D eigenvalue weighted by atomic mass is 10.2. The van der Waals surface area contributed by atoms with Crippen LogP contribution in [0.2, 0.25) is 0 Å². The van der Waals surface area contributed by atoms with E-state index < -0.39 is 15.1 Å². The molecule has 2 aromatic carbocycles. The van der Waals surface area contributed by atoms with E-state index in [0.29, 0.717) is 11.3 Å². The quantitative estimate of drug-likeness (QED) is 0.867. The van der Waals surface area contributed by atoms with Crippen molar-refractivity contribution in [3.05, 3.63) is 60.2 Å². The van der Waals surface area contributed by atoms with Crippen molar-refractivity contribution in [1.82, 2.24) is 0 Å². The monoisotopic (exact) mass is 287 g/mol. The summed E-state index contributed by atoms with van der Waals surface area (Å²) in [5.41, 5.74) is 0.464. The molecule has 102 valence electrons. The van der Waals surface area contributed by atoms with Crippen LogP contribution in [0.15, 0.2) is 59.5 Å². The van der Waals surface area contributed by atoms with Gasteiger partial charge in [0, 0.05) is 0 Å². The molecule has 0 N–H and O–H groups in total. The van der Waals surface area contributed by atoms with Crippen LogP contribution < -0.4 is 4.74 Å². The van der Waals surface area contributed by atoms with Gasteiger partial charge in [-0.05, 0) is 29.8 Å². The number of methoxy groups -OCH3 is 1. The molecule has 0 radical (unpaired) electrons. The summed E-state index contributed by atoms with van der Waals surface area (Å²) < 4.78 is 30.0. The summed E-state index contributed by atoms with van der Waals surface area (Å²) in [6.45, 7) is 0. The van der Waals surface area contributed by atoms with E-state index >= 15 is 0 Å². The zero-order valence-electron chi connectivity index (χ0n) is 10.9. The van der Waals surface area contributed by atoms with Crippen molar-refractivity contribution in [2.45, 2.75) is 10.1 Å². The first-order valence-electron chi connectivity index (χ1n) is 5.92. The lowest BCUT2D eigenvalue weighted by Gasteiger charge is -2.11. The number of hydrogen-bond donors (Lipinski definition) is 0. The molecule has 0 aliphatic rings. The van der Waals surface area contributed by atoms with Gasteiger partial charge in [-0.15, -0.1) is 0 Å². The van der Waals surface area contributed by atoms with Gasteiger partial charge in [0.25, 0.3) is 0 Å². The third-order valence-corrected chi connectivity index (χ3v) is 4.85. The van der Waals surface area contributed by atoms with E-state index in [0.717, 1.165) is 0 Å². The summed E-state index contributed by atoms with van der Waals surface area (Å²) in [5, 5.41) is 8.01. The maximum atomic E-state index is 12.5. The predicted octanol–water partition coefficient (Wildman–Crippen LogP) is 2.73. The molecule has 0 saturated heterocycles. The standard InChI is InChI=1S/C15H13NO3S/c1-19-13-7-9-14(10-8-13)20(17,18)15(11-16)12-5-3-2-4-6-12/h2-10,15H,1H3. The zero-order chi connectivity index (χ0) is 14.6. The van der Waals surface area contributed by atoms with Crippen LogP contribution in [0.5, 0.6) is 5.75 Å². The van der Waals surface area contributed by atoms with Crippen molar-refractivity contribution in [3.63, 3.8) is 0 Å². The summed E-state index contributed by atoms with van der Waals surface area (Å²) in [4.78, 5) is 0.105. The third kappa shape index (κ3) is 2.65. The maximum absolute atomic E-state index is 12.5. The molecule has 0 aliphatic heterocycles. The first kappa shape index (κ1) is 14.1. The molecule has 0 fully saturated rings. The van der Waals surface area contributed by atoms with Crippen LogP contribution in [0.4, 0.5) is 0 Å². The Balaban J connectivity index is 2.45. The van der Waals surface area contributed by atoms with Gasteiger partial charge in [-0.2, -0.15) is 5.26 Å². The molecule has 2 aromatic rings. The zero-order valence-corrected chi connectivity index (χ0v) is 11.7. The van der Waals surface area contributed by atoms with E-state index in [9.17, 15) is 13.7 Å². The molecule has 0 spiro atoms. The SMILES string of the molecule is COc1ccc(S(=O)(=O)C(C#N)c2ccccc2)cc1. The van der Waals surface area contributed by atoms with Crippen molar-refractivity contribution in [3.8, 4) is 11.8 Å². The van der Waals surface area contributed by atoms with Gasteiger partial charge in [0.1, 0.15) is 5.75 Å². The number of nitriles is 1. The van der Waals surface area contributed by atoms with E-state index in [1.165, 1.54) is 19.2 Å². The smallest absolute Gasteiger partial charge is 0.198 e. The maximum Gasteiger partial charge on any atom is 0.198 e. The minimum atomic E-state index is -3.75. The summed E-state index contributed by atoms with van der Waals surface area (Å²) in [6.07, 6.45) is 0. The minimum Gasteiger partial charge on any atom is -0.497 e.